The number of benzene rings is 5. The number of alkyl halides is 24. The molecule has 6 aromatic rings. The molecule has 76 heavy (non-hydrogen) atoms. The van der Waals surface area contributed by atoms with Crippen LogP contribution in [-0.4, -0.2) is 11.9 Å². The first-order chi connectivity index (χ1) is 34.6. The van der Waals surface area contributed by atoms with Crippen molar-refractivity contribution in [2.75, 3.05) is 0 Å². The van der Waals surface area contributed by atoms with Crippen LogP contribution in [-0.2, 0) is 62.5 Å². The molecular weight excluding hydrogens is 1090 g/mol. The topological polar surface area (TPSA) is 69.7 Å². The fraction of sp³-hybridized carbons (Fsp3) is 0.217. The van der Waals surface area contributed by atoms with Gasteiger partial charge in [0, 0.05) is 22.6 Å². The maximum Gasteiger partial charge on any atom is 0.416 e. The van der Waals surface area contributed by atoms with Gasteiger partial charge in [-0.3, -0.25) is 4.79 Å². The van der Waals surface area contributed by atoms with Gasteiger partial charge in [-0.25, -0.2) is 0 Å². The number of ketones is 1. The lowest BCUT2D eigenvalue weighted by Gasteiger charge is -2.46. The van der Waals surface area contributed by atoms with Crippen LogP contribution in [0.2, 0.25) is 0 Å². The second-order valence-corrected chi connectivity index (χ2v) is 16.2. The number of carbonyl (C=O) groups is 1. The molecule has 0 N–H and O–H groups in total. The molecule has 0 aliphatic heterocycles. The Morgan fingerprint density at radius 2 is 0.671 bits per heavy atom. The fourth-order valence-corrected chi connectivity index (χ4v) is 7.85. The number of pyridine rings is 1. The van der Waals surface area contributed by atoms with Gasteiger partial charge in [-0.15, -0.1) is 0 Å². The van der Waals surface area contributed by atoms with Gasteiger partial charge in [0.2, 0.25) is 12.3 Å². The molecule has 0 spiro atoms. The van der Waals surface area contributed by atoms with Crippen LogP contribution in [0.3, 0.4) is 0 Å². The van der Waals surface area contributed by atoms with Crippen molar-refractivity contribution in [1.82, 2.24) is 0 Å². The van der Waals surface area contributed by atoms with Gasteiger partial charge in [0.1, 0.15) is 12.7 Å². The molecule has 1 heterocycles. The Morgan fingerprint density at radius 3 is 0.921 bits per heavy atom. The summed E-state index contributed by atoms with van der Waals surface area (Å²) >= 11 is 0. The third-order valence-electron chi connectivity index (χ3n) is 11.2. The predicted octanol–water partition coefficient (Wildman–Crippen LogP) is 13.9. The van der Waals surface area contributed by atoms with Crippen molar-refractivity contribution in [3.8, 4) is 0 Å². The summed E-state index contributed by atoms with van der Waals surface area (Å²) in [4.78, 5) is 14.9. The van der Waals surface area contributed by atoms with E-state index in [-0.39, 0.29) is 18.9 Å². The largest absolute Gasteiger partial charge is 0.416 e. The second-order valence-electron chi connectivity index (χ2n) is 16.2. The van der Waals surface area contributed by atoms with Gasteiger partial charge in [-0.1, -0.05) is 90.0 Å². The highest BCUT2D eigenvalue weighted by atomic mass is 19.4. The smallest absolute Gasteiger partial charge is 0.287 e. The van der Waals surface area contributed by atoms with E-state index in [0.717, 1.165) is 5.69 Å². The standard InChI is InChI=1S/C32H12BF24.C14H13N4O/c34-25(35,36)13-1-14(26(37,38)39)6-21(5-13)33(22-7-15(27(40,41)42)2-16(8-22)28(43,44)45,23-9-17(29(46,47)48)3-18(10-23)30(49,50)51)24-11-19(31(52,53)54)4-20(12-24)32(55,56)57;15-17-16-10-13-8-4-5-9-18(13)11-14(19)12-6-2-1-3-7-12/h1-12H;1-9H,10-11H2/q-1;+1. The highest BCUT2D eigenvalue weighted by molar-refractivity contribution is 7.20. The summed E-state index contributed by atoms with van der Waals surface area (Å²) in [5, 5.41) is 3.53. The van der Waals surface area contributed by atoms with E-state index >= 15 is 0 Å². The van der Waals surface area contributed by atoms with E-state index in [4.69, 9.17) is 5.53 Å². The minimum atomic E-state index is -6.13. The van der Waals surface area contributed by atoms with Crippen molar-refractivity contribution < 1.29 is 115 Å². The van der Waals surface area contributed by atoms with E-state index < -0.39 is 195 Å². The van der Waals surface area contributed by atoms with E-state index in [0.29, 0.717) is 5.56 Å². The number of nitrogens with zero attached hydrogens (tertiary/aromatic N) is 4. The van der Waals surface area contributed by atoms with Crippen molar-refractivity contribution in [2.45, 2.75) is 62.5 Å². The van der Waals surface area contributed by atoms with E-state index in [1.165, 1.54) is 0 Å². The van der Waals surface area contributed by atoms with Gasteiger partial charge in [0.25, 0.3) is 0 Å². The summed E-state index contributed by atoms with van der Waals surface area (Å²) < 4.78 is 343. The van der Waals surface area contributed by atoms with Crippen LogP contribution in [0.15, 0.2) is 133 Å². The van der Waals surface area contributed by atoms with Gasteiger partial charge < -0.3 is 0 Å². The molecule has 0 bridgehead atoms. The Kier molecular flexibility index (Phi) is 16.4. The van der Waals surface area contributed by atoms with Gasteiger partial charge in [0.15, 0.2) is 11.9 Å². The summed E-state index contributed by atoms with van der Waals surface area (Å²) in [6.45, 7) is 0.473. The summed E-state index contributed by atoms with van der Waals surface area (Å²) in [5.41, 5.74) is -20.4. The van der Waals surface area contributed by atoms with Crippen LogP contribution in [0.5, 0.6) is 0 Å². The van der Waals surface area contributed by atoms with Crippen LogP contribution in [0, 0.1) is 0 Å². The van der Waals surface area contributed by atoms with Crippen LogP contribution >= 0.6 is 0 Å². The minimum Gasteiger partial charge on any atom is -0.287 e. The zero-order chi connectivity index (χ0) is 57.4. The number of Topliss-reactive ketones (excluding diaryl/α,β-unsaturated/α-hetero) is 1. The first kappa shape index (κ1) is 59.5. The van der Waals surface area contributed by atoms with Gasteiger partial charge >= 0.3 is 49.4 Å². The van der Waals surface area contributed by atoms with E-state index in [9.17, 15) is 110 Å². The first-order valence-electron chi connectivity index (χ1n) is 20.5. The molecule has 0 aliphatic rings. The summed E-state index contributed by atoms with van der Waals surface area (Å²) in [7, 11) is 0. The Labute approximate surface area is 409 Å². The molecule has 30 heteroatoms. The lowest BCUT2D eigenvalue weighted by atomic mass is 9.12. The molecule has 0 saturated carbocycles. The maximum absolute atomic E-state index is 14.2. The molecule has 0 unspecified atom stereocenters. The lowest BCUT2D eigenvalue weighted by Crippen LogP contribution is -2.75. The second kappa shape index (κ2) is 21.0. The molecule has 0 aliphatic carbocycles. The highest BCUT2D eigenvalue weighted by Crippen LogP contribution is 2.41. The molecule has 5 nitrogen and oxygen atoms in total. The molecule has 0 fully saturated rings. The molecule has 0 saturated heterocycles. The highest BCUT2D eigenvalue weighted by Gasteiger charge is 2.47. The monoisotopic (exact) mass is 1120 g/mol. The maximum atomic E-state index is 14.2. The molecule has 1 aromatic heterocycles. The van der Waals surface area contributed by atoms with Crippen molar-refractivity contribution in [3.63, 3.8) is 0 Å². The zero-order valence-corrected chi connectivity index (χ0v) is 36.9. The van der Waals surface area contributed by atoms with Crippen LogP contribution in [0.4, 0.5) is 105 Å². The minimum absolute atomic E-state index is 0.0268. The van der Waals surface area contributed by atoms with E-state index in [2.05, 4.69) is 10.0 Å². The van der Waals surface area contributed by atoms with Crippen LogP contribution in [0.25, 0.3) is 10.4 Å². The molecule has 6 rings (SSSR count). The Hall–Kier alpha value is -7.39. The van der Waals surface area contributed by atoms with Crippen LogP contribution < -0.4 is 26.4 Å². The quantitative estimate of drug-likeness (QED) is 0.0270. The Balaban J connectivity index is 0.000000468. The number of halogens is 24. The first-order valence-corrected chi connectivity index (χ1v) is 20.5. The average molecular weight is 1120 g/mol. The van der Waals surface area contributed by atoms with Crippen LogP contribution in [0.1, 0.15) is 60.6 Å². The van der Waals surface area contributed by atoms with Crippen molar-refractivity contribution in [2.24, 2.45) is 5.11 Å². The number of aromatic nitrogens is 1. The van der Waals surface area contributed by atoms with Gasteiger partial charge in [-0.2, -0.15) is 132 Å². The SMILES string of the molecule is FC(F)(F)c1cc([B-](c2cc(C(F)(F)F)cc(C(F)(F)F)c2)(c2cc(C(F)(F)F)cc(C(F)(F)F)c2)c2cc(C(F)(F)F)cc(C(F)(F)F)c2)cc(C(F)(F)F)c1.[N-]=[N+]=NCc1cccc[n+]1CC(=O)c1ccccc1. The van der Waals surface area contributed by atoms with Gasteiger partial charge in [0.05, 0.1) is 44.5 Å². The number of hydrogen-bond acceptors (Lipinski definition) is 2. The molecule has 0 amide bonds. The molecule has 0 radical (unpaired) electrons. The number of rotatable bonds is 9. The Bertz CT molecular complexity index is 2690. The number of hydrogen-bond donors (Lipinski definition) is 0. The zero-order valence-electron chi connectivity index (χ0n) is 36.9. The fourth-order valence-electron chi connectivity index (χ4n) is 7.85. The third kappa shape index (κ3) is 13.9. The van der Waals surface area contributed by atoms with Crippen molar-refractivity contribution in [1.29, 1.82) is 0 Å². The number of azide groups is 1. The predicted molar refractivity (Wildman–Crippen MR) is 220 cm³/mol. The summed E-state index contributed by atoms with van der Waals surface area (Å²) in [6, 6.07) is 5.86. The molecule has 0 atom stereocenters. The van der Waals surface area contributed by atoms with E-state index in [1.807, 2.05) is 42.6 Å². The summed E-state index contributed by atoms with van der Waals surface area (Å²) in [6.07, 6.45) is -53.0. The van der Waals surface area contributed by atoms with Crippen molar-refractivity contribution in [3.05, 3.63) is 194 Å². The number of carbonyl (C=O) groups excluding carboxylic acids is 1. The third-order valence-corrected chi connectivity index (χ3v) is 11.2. The summed E-state index contributed by atoms with van der Waals surface area (Å²) in [5.74, 6) is 0.0268. The molecule has 406 valence electrons. The molecular formula is C46H25BF24N4O. The normalized spacial score (nSPS) is 13.2. The molecule has 5 aromatic carbocycles. The van der Waals surface area contributed by atoms with Crippen molar-refractivity contribution >= 4 is 33.8 Å². The lowest BCUT2D eigenvalue weighted by molar-refractivity contribution is -0.690. The Morgan fingerprint density at radius 1 is 0.408 bits per heavy atom. The van der Waals surface area contributed by atoms with E-state index in [1.54, 1.807) is 16.7 Å². The average Bonchev–Trinajstić information content (AvgIpc) is 3.29. The van der Waals surface area contributed by atoms with Gasteiger partial charge in [-0.05, 0) is 29.8 Å².